The first-order chi connectivity index (χ1) is 42.0. The smallest absolute Gasteiger partial charge is 0.237 e. The number of rotatable bonds is 21. The number of benzene rings is 4. The molecule has 8 N–H and O–H groups in total. The highest BCUT2D eigenvalue weighted by Gasteiger charge is 2.14. The summed E-state index contributed by atoms with van der Waals surface area (Å²) in [6.07, 6.45) is 6.85. The number of nitrogens with one attached hydrogen (secondary N) is 8. The zero-order valence-electron chi connectivity index (χ0n) is 46.8. The zero-order valence-corrected chi connectivity index (χ0v) is 46.8. The van der Waals surface area contributed by atoms with Crippen molar-refractivity contribution in [2.24, 2.45) is 0 Å². The molecule has 0 saturated carbocycles. The van der Waals surface area contributed by atoms with Gasteiger partial charge in [0.05, 0.1) is 23.8 Å². The van der Waals surface area contributed by atoms with Gasteiger partial charge in [-0.05, 0) is 113 Å². The quantitative estimate of drug-likeness (QED) is 0.0253. The molecule has 6 rings (SSSR count). The lowest BCUT2D eigenvalue weighted by atomic mass is 10.0. The van der Waals surface area contributed by atoms with Crippen LogP contribution in [0, 0.1) is 23.5 Å². The van der Waals surface area contributed by atoms with Gasteiger partial charge in [0.1, 0.15) is 23.3 Å². The van der Waals surface area contributed by atoms with E-state index in [4.69, 9.17) is 82.3 Å². The third-order valence-electron chi connectivity index (χ3n) is 10.6. The maximum atomic E-state index is 13.5. The molecule has 2 atom stereocenters. The van der Waals surface area contributed by atoms with E-state index >= 15 is 0 Å². The van der Waals surface area contributed by atoms with Crippen molar-refractivity contribution in [1.82, 2.24) is 41.2 Å². The molecule has 0 aliphatic heterocycles. The molecule has 0 radical (unpaired) electrons. The van der Waals surface area contributed by atoms with Gasteiger partial charge in [-0.25, -0.2) is 18.7 Å². The molecule has 0 spiro atoms. The maximum Gasteiger partial charge on any atom is 0.237 e. The number of amides is 2. The fourth-order valence-corrected chi connectivity index (χ4v) is 6.46. The molecule has 0 bridgehead atoms. The number of hydrogen-bond acceptors (Lipinski definition) is 12. The molecule has 0 aliphatic rings. The van der Waals surface area contributed by atoms with Gasteiger partial charge in [0, 0.05) is 137 Å². The van der Waals surface area contributed by atoms with Crippen LogP contribution in [0.2, 0.25) is 0 Å². The molecule has 2 amide bonds. The van der Waals surface area contributed by atoms with Crippen molar-refractivity contribution in [3.8, 4) is 11.8 Å². The van der Waals surface area contributed by atoms with Crippen LogP contribution < -0.4 is 42.5 Å². The minimum absolute atomic E-state index is 0. The van der Waals surface area contributed by atoms with Gasteiger partial charge < -0.3 is 42.5 Å². The van der Waals surface area contributed by atoms with E-state index in [-0.39, 0.29) is 40.2 Å². The van der Waals surface area contributed by atoms with Crippen LogP contribution in [-0.4, -0.2) is 71.0 Å². The van der Waals surface area contributed by atoms with E-state index in [9.17, 15) is 18.4 Å². The number of anilines is 6. The van der Waals surface area contributed by atoms with Crippen molar-refractivity contribution in [2.45, 2.75) is 78.6 Å². The SMILES string of the molecule is CCCNc1nc(Nc2cccc(F)c2)ncc1C#Cc1ccccc1CNC(=O)[C@H](C)NC.CCCNc1nc(Nc2cccc(F)c2)ncc1CCc1ccccc1CNC(=O)[C@H](C)NC.F.FF.FF.FF.FF.FF.FF.FF.FF.FF. The van der Waals surface area contributed by atoms with E-state index in [1.807, 2.05) is 55.6 Å². The second-order valence-electron chi connectivity index (χ2n) is 15.8. The van der Waals surface area contributed by atoms with E-state index < -0.39 is 0 Å². The summed E-state index contributed by atoms with van der Waals surface area (Å²) in [6, 6.07) is 27.6. The summed E-state index contributed by atoms with van der Waals surface area (Å²) >= 11 is 0. The average Bonchev–Trinajstić information content (AvgIpc) is 3.34. The molecule has 0 saturated heterocycles. The van der Waals surface area contributed by atoms with Crippen molar-refractivity contribution >= 4 is 46.7 Å². The Bertz CT molecular complexity index is 2690. The first kappa shape index (κ1) is 89.4. The van der Waals surface area contributed by atoms with Gasteiger partial charge in [0.15, 0.2) is 0 Å². The van der Waals surface area contributed by atoms with E-state index in [0.717, 1.165) is 66.8 Å². The van der Waals surface area contributed by atoms with Gasteiger partial charge in [0.2, 0.25) is 23.7 Å². The summed E-state index contributed by atoms with van der Waals surface area (Å²) in [5, 5.41) is 24.5. The number of nitrogens with zero attached hydrogens (tertiary/aromatic N) is 4. The summed E-state index contributed by atoms with van der Waals surface area (Å²) < 4.78 is 171. The molecule has 6 aromatic rings. The molecular formula is C52H63F21N12O2. The predicted octanol–water partition coefficient (Wildman–Crippen LogP) is 15.7. The highest BCUT2D eigenvalue weighted by atomic mass is 20.0. The van der Waals surface area contributed by atoms with Crippen molar-refractivity contribution < 1.29 is 105 Å². The lowest BCUT2D eigenvalue weighted by Gasteiger charge is -2.15. The number of carbonyl (C=O) groups is 2. The molecule has 4 aromatic carbocycles. The van der Waals surface area contributed by atoms with Gasteiger partial charge in [-0.3, -0.25) is 14.3 Å². The van der Waals surface area contributed by atoms with Crippen molar-refractivity contribution in [3.05, 3.63) is 154 Å². The van der Waals surface area contributed by atoms with Crippen molar-refractivity contribution in [2.75, 3.05) is 48.5 Å². The Kier molecular flexibility index (Phi) is 63.4. The molecule has 0 fully saturated rings. The van der Waals surface area contributed by atoms with Crippen LogP contribution in [0.3, 0.4) is 0 Å². The number of halogens is 21. The van der Waals surface area contributed by atoms with E-state index in [1.54, 1.807) is 51.5 Å². The number of aryl methyl sites for hydroxylation is 2. The maximum absolute atomic E-state index is 13.5. The highest BCUT2D eigenvalue weighted by molar-refractivity contribution is 5.81. The van der Waals surface area contributed by atoms with Gasteiger partial charge in [-0.1, -0.05) is 80.3 Å². The van der Waals surface area contributed by atoms with Crippen LogP contribution >= 0.6 is 0 Å². The van der Waals surface area contributed by atoms with E-state index in [0.29, 0.717) is 47.7 Å². The Morgan fingerprint density at radius 1 is 0.471 bits per heavy atom. The summed E-state index contributed by atoms with van der Waals surface area (Å²) in [4.78, 5) is 42.2. The Morgan fingerprint density at radius 3 is 1.30 bits per heavy atom. The third kappa shape index (κ3) is 38.0. The molecule has 87 heavy (non-hydrogen) atoms. The highest BCUT2D eigenvalue weighted by Crippen LogP contribution is 2.22. The minimum Gasteiger partial charge on any atom is -0.370 e. The van der Waals surface area contributed by atoms with Gasteiger partial charge in [-0.15, -0.1) is 0 Å². The van der Waals surface area contributed by atoms with Crippen molar-refractivity contribution in [1.29, 1.82) is 0 Å². The lowest BCUT2D eigenvalue weighted by Crippen LogP contribution is -2.40. The van der Waals surface area contributed by atoms with Crippen LogP contribution in [-0.2, 0) is 35.5 Å². The molecule has 0 unspecified atom stereocenters. The van der Waals surface area contributed by atoms with Gasteiger partial charge in [-0.2, -0.15) is 9.97 Å². The Hall–Kier alpha value is -8.81. The first-order valence-electron chi connectivity index (χ1n) is 24.1. The molecule has 14 nitrogen and oxygen atoms in total. The average molecular weight is 1290 g/mol. The number of likely N-dealkylation sites (N-methyl/N-ethyl adjacent to an activating group) is 2. The Balaban J connectivity index is -0.000000297. The number of carbonyl (C=O) groups excluding carboxylic acids is 2. The standard InChI is InChI=1S/C26H33FN6O.C26H29FN6O.9F2.FH/c2*1-4-14-29-24-21(17-31-26(33-24)32-23-11-7-10-22(27)15-23)13-12-19-8-5-6-9-20(19)16-30-25(34)18(2)28-3;9*1-2;/h5-11,15,17-18,28H,4,12-14,16H2,1-3H3,(H,30,34)(H2,29,31,32,33);5-11,15,17-18,28H,4,14,16H2,1-3H3,(H,30,34)(H2,29,31,32,33);;;;;;;;;;1H/t2*18-;;;;;;;;;;/m00........../s1. The van der Waals surface area contributed by atoms with Gasteiger partial charge in [0.25, 0.3) is 0 Å². The summed E-state index contributed by atoms with van der Waals surface area (Å²) in [6.45, 7) is 10.2. The van der Waals surface area contributed by atoms with Crippen LogP contribution in [0.5, 0.6) is 0 Å². The lowest BCUT2D eigenvalue weighted by molar-refractivity contribution is -0.123. The van der Waals surface area contributed by atoms with Crippen LogP contribution in [0.15, 0.2) is 109 Å². The largest absolute Gasteiger partial charge is 0.370 e. The summed E-state index contributed by atoms with van der Waals surface area (Å²) in [5.41, 5.74) is 6.78. The Morgan fingerprint density at radius 2 is 0.851 bits per heavy atom. The first-order valence-corrected chi connectivity index (χ1v) is 24.1. The molecular weight excluding hydrogens is 1220 g/mol. The monoisotopic (exact) mass is 1290 g/mol. The van der Waals surface area contributed by atoms with Gasteiger partial charge >= 0.3 is 0 Å². The Labute approximate surface area is 485 Å². The topological polar surface area (TPSA) is 182 Å². The fourth-order valence-electron chi connectivity index (χ4n) is 6.46. The second-order valence-corrected chi connectivity index (χ2v) is 15.8. The third-order valence-corrected chi connectivity index (χ3v) is 10.6. The van der Waals surface area contributed by atoms with Crippen LogP contribution in [0.1, 0.15) is 73.9 Å². The van der Waals surface area contributed by atoms with E-state index in [2.05, 4.69) is 94.2 Å². The minimum atomic E-state index is -0.341. The molecule has 490 valence electrons. The summed E-state index contributed by atoms with van der Waals surface area (Å²) in [7, 11) is 3.51. The number of hydrogen-bond donors (Lipinski definition) is 8. The van der Waals surface area contributed by atoms with E-state index in [1.165, 1.54) is 29.8 Å². The van der Waals surface area contributed by atoms with Crippen molar-refractivity contribution in [3.63, 3.8) is 0 Å². The molecule has 0 aliphatic carbocycles. The zero-order chi connectivity index (χ0) is 66.7. The fraction of sp³-hybridized carbons (Fsp3) is 0.308. The summed E-state index contributed by atoms with van der Waals surface area (Å²) in [5.74, 6) is 7.69. The predicted molar refractivity (Wildman–Crippen MR) is 290 cm³/mol. The number of aromatic nitrogens is 4. The molecule has 2 aromatic heterocycles. The molecule has 2 heterocycles. The second kappa shape index (κ2) is 61.7. The van der Waals surface area contributed by atoms with Crippen LogP contribution in [0.25, 0.3) is 0 Å². The van der Waals surface area contributed by atoms with Crippen LogP contribution in [0.4, 0.5) is 131 Å². The molecule has 35 heteroatoms. The normalized spacial score (nSPS) is 9.54.